The predicted molar refractivity (Wildman–Crippen MR) is 155 cm³/mol. The fraction of sp³-hybridized carbons (Fsp3) is 0.931. The van der Waals surface area contributed by atoms with E-state index in [0.717, 1.165) is 32.3 Å². The van der Waals surface area contributed by atoms with Crippen LogP contribution < -0.4 is 0 Å². The number of aliphatic hydroxyl groups excluding tert-OH is 1. The van der Waals surface area contributed by atoms with Gasteiger partial charge in [-0.15, -0.1) is 0 Å². The van der Waals surface area contributed by atoms with Crippen molar-refractivity contribution in [1.82, 2.24) is 0 Å². The third-order valence-electron chi connectivity index (χ3n) is 7.93. The van der Waals surface area contributed by atoms with Crippen LogP contribution in [0.15, 0.2) is 0 Å². The summed E-state index contributed by atoms with van der Waals surface area (Å²) in [6, 6.07) is 0. The lowest BCUT2D eigenvalue weighted by Crippen LogP contribution is -2.50. The Bertz CT molecular complexity index is 575. The van der Waals surface area contributed by atoms with Crippen LogP contribution in [0.5, 0.6) is 0 Å². The number of unbranched alkanes of at least 4 members (excludes halogenated alkanes) is 4. The molecule has 1 unspecified atom stereocenters. The molecule has 0 spiro atoms. The van der Waals surface area contributed by atoms with Gasteiger partial charge in [0.15, 0.2) is 8.32 Å². The van der Waals surface area contributed by atoms with Gasteiger partial charge in [-0.25, -0.2) is 0 Å². The summed E-state index contributed by atoms with van der Waals surface area (Å²) in [5, 5.41) is 10.8. The van der Waals surface area contributed by atoms with Crippen LogP contribution in [-0.2, 0) is 8.85 Å². The summed E-state index contributed by atoms with van der Waals surface area (Å²) in [6.07, 6.45) is 7.83. The van der Waals surface area contributed by atoms with Crippen molar-refractivity contribution >= 4 is 16.6 Å². The van der Waals surface area contributed by atoms with Crippen LogP contribution in [0.3, 0.4) is 0 Å². The molecule has 2 atom stereocenters. The Hall–Kier alpha value is -0.126. The lowest BCUT2D eigenvalue weighted by Gasteiger charge is -2.43. The maximum Gasteiger partial charge on any atom is 0.202 e. The van der Waals surface area contributed by atoms with Crippen molar-refractivity contribution in [3.05, 3.63) is 0 Å². The van der Waals surface area contributed by atoms with Gasteiger partial charge in [0.1, 0.15) is 12.2 Å². The fourth-order valence-electron chi connectivity index (χ4n) is 4.82. The van der Waals surface area contributed by atoms with Gasteiger partial charge in [0, 0.05) is 6.61 Å². The van der Waals surface area contributed by atoms with Gasteiger partial charge in [-0.2, -0.15) is 0 Å². The molecule has 0 aromatic heterocycles. The summed E-state index contributed by atoms with van der Waals surface area (Å²) < 4.78 is 13.3. The molecule has 0 saturated heterocycles. The van der Waals surface area contributed by atoms with E-state index in [1.165, 1.54) is 19.3 Å². The molecule has 3 nitrogen and oxygen atoms in total. The average Bonchev–Trinajstić information content (AvgIpc) is 2.70. The van der Waals surface area contributed by atoms with Crippen LogP contribution in [0, 0.1) is 11.8 Å². The van der Waals surface area contributed by atoms with E-state index in [9.17, 15) is 5.11 Å². The standard InChI is InChI=1S/C29H60O3Si2/c1-13-14-15-16-20-28(32-34(24(2)3,25(4)5)26(6)7)22-21-27(30)19-17-18-23-31-33(11,12)29(8,9)10/h24-28,30H,13-20,23H2,1-12H3/t27?,28-/m0/s1. The molecule has 0 heterocycles. The summed E-state index contributed by atoms with van der Waals surface area (Å²) in [7, 11) is -3.68. The second-order valence-corrected chi connectivity index (χ2v) is 22.9. The third kappa shape index (κ3) is 11.3. The Balaban J connectivity index is 5.08. The fourth-order valence-corrected chi connectivity index (χ4v) is 11.4. The van der Waals surface area contributed by atoms with E-state index < -0.39 is 22.7 Å². The van der Waals surface area contributed by atoms with Crippen molar-refractivity contribution in [2.24, 2.45) is 0 Å². The second kappa shape index (κ2) is 15.9. The third-order valence-corrected chi connectivity index (χ3v) is 18.6. The first-order valence-corrected chi connectivity index (χ1v) is 19.2. The molecule has 0 aromatic rings. The van der Waals surface area contributed by atoms with Crippen molar-refractivity contribution in [1.29, 1.82) is 0 Å². The first kappa shape index (κ1) is 33.9. The quantitative estimate of drug-likeness (QED) is 0.127. The van der Waals surface area contributed by atoms with Crippen LogP contribution in [0.2, 0.25) is 34.8 Å². The number of hydrogen-bond donors (Lipinski definition) is 1. The average molecular weight is 513 g/mol. The summed E-state index contributed by atoms with van der Waals surface area (Å²) in [4.78, 5) is 0. The maximum atomic E-state index is 10.6. The Morgan fingerprint density at radius 1 is 0.765 bits per heavy atom. The van der Waals surface area contributed by atoms with E-state index >= 15 is 0 Å². The SMILES string of the molecule is CCCCCC[C@@H](C#CC(O)CCCCO[Si](C)(C)C(C)(C)C)O[Si](C(C)C)(C(C)C)C(C)C. The van der Waals surface area contributed by atoms with Crippen LogP contribution in [-0.4, -0.2) is 40.6 Å². The molecule has 0 aliphatic heterocycles. The molecule has 0 bridgehead atoms. The highest BCUT2D eigenvalue weighted by atomic mass is 28.4. The molecule has 34 heavy (non-hydrogen) atoms. The molecule has 0 saturated carbocycles. The van der Waals surface area contributed by atoms with Crippen LogP contribution >= 0.6 is 0 Å². The molecule has 0 rings (SSSR count). The lowest BCUT2D eigenvalue weighted by molar-refractivity contribution is 0.201. The lowest BCUT2D eigenvalue weighted by atomic mass is 10.1. The largest absolute Gasteiger partial charge is 0.417 e. The van der Waals surface area contributed by atoms with Crippen molar-refractivity contribution < 1.29 is 14.0 Å². The summed E-state index contributed by atoms with van der Waals surface area (Å²) in [5.41, 5.74) is 1.62. The van der Waals surface area contributed by atoms with Gasteiger partial charge in [0.05, 0.1) is 0 Å². The van der Waals surface area contributed by atoms with E-state index in [-0.39, 0.29) is 11.1 Å². The summed E-state index contributed by atoms with van der Waals surface area (Å²) in [6.45, 7) is 28.4. The molecule has 202 valence electrons. The van der Waals surface area contributed by atoms with E-state index in [2.05, 4.69) is 94.2 Å². The monoisotopic (exact) mass is 512 g/mol. The predicted octanol–water partition coefficient (Wildman–Crippen LogP) is 9.07. The van der Waals surface area contributed by atoms with Crippen molar-refractivity contribution in [3.63, 3.8) is 0 Å². The minimum atomic E-state index is -2.00. The minimum absolute atomic E-state index is 0.0627. The van der Waals surface area contributed by atoms with E-state index in [1.54, 1.807) is 0 Å². The Morgan fingerprint density at radius 3 is 1.76 bits per heavy atom. The number of aliphatic hydroxyl groups is 1. The van der Waals surface area contributed by atoms with Gasteiger partial charge in [-0.05, 0) is 66.9 Å². The van der Waals surface area contributed by atoms with Gasteiger partial charge in [-0.1, -0.05) is 100 Å². The van der Waals surface area contributed by atoms with Crippen molar-refractivity contribution in [2.45, 2.75) is 168 Å². The minimum Gasteiger partial charge on any atom is -0.417 e. The summed E-state index contributed by atoms with van der Waals surface area (Å²) in [5.74, 6) is 6.55. The normalized spacial score (nSPS) is 15.1. The highest BCUT2D eigenvalue weighted by molar-refractivity contribution is 6.77. The van der Waals surface area contributed by atoms with E-state index in [1.807, 2.05) is 0 Å². The highest BCUT2D eigenvalue weighted by Gasteiger charge is 2.46. The smallest absolute Gasteiger partial charge is 0.202 e. The Morgan fingerprint density at radius 2 is 1.29 bits per heavy atom. The zero-order valence-electron chi connectivity index (χ0n) is 25.0. The molecule has 5 heteroatoms. The van der Waals surface area contributed by atoms with Crippen molar-refractivity contribution in [3.8, 4) is 11.8 Å². The number of rotatable bonds is 16. The van der Waals surface area contributed by atoms with Gasteiger partial charge in [0.25, 0.3) is 0 Å². The molecule has 0 fully saturated rings. The van der Waals surface area contributed by atoms with Crippen molar-refractivity contribution in [2.75, 3.05) is 6.61 Å². The zero-order valence-corrected chi connectivity index (χ0v) is 27.0. The molecule has 0 aliphatic rings. The molecular formula is C29H60O3Si2. The summed E-state index contributed by atoms with van der Waals surface area (Å²) >= 11 is 0. The Kier molecular flexibility index (Phi) is 15.8. The zero-order chi connectivity index (χ0) is 26.6. The molecule has 1 N–H and O–H groups in total. The molecule has 0 radical (unpaired) electrons. The van der Waals surface area contributed by atoms with Gasteiger partial charge in [-0.3, -0.25) is 0 Å². The van der Waals surface area contributed by atoms with Gasteiger partial charge >= 0.3 is 0 Å². The van der Waals surface area contributed by atoms with Gasteiger partial charge < -0.3 is 14.0 Å². The molecular weight excluding hydrogens is 452 g/mol. The first-order chi connectivity index (χ1) is 15.6. The number of hydrogen-bond acceptors (Lipinski definition) is 3. The first-order valence-electron chi connectivity index (χ1n) is 14.1. The Labute approximate surface area is 216 Å². The van der Waals surface area contributed by atoms with Crippen LogP contribution in [0.4, 0.5) is 0 Å². The molecule has 0 aliphatic carbocycles. The topological polar surface area (TPSA) is 38.7 Å². The van der Waals surface area contributed by atoms with Gasteiger partial charge in [0.2, 0.25) is 8.32 Å². The van der Waals surface area contributed by atoms with Crippen LogP contribution in [0.25, 0.3) is 0 Å². The van der Waals surface area contributed by atoms with Crippen LogP contribution in [0.1, 0.15) is 121 Å². The van der Waals surface area contributed by atoms with E-state index in [4.69, 9.17) is 8.85 Å². The van der Waals surface area contributed by atoms with E-state index in [0.29, 0.717) is 23.0 Å². The molecule has 0 amide bonds. The maximum absolute atomic E-state index is 10.6. The second-order valence-electron chi connectivity index (χ2n) is 12.7. The highest BCUT2D eigenvalue weighted by Crippen LogP contribution is 2.43. The molecule has 0 aromatic carbocycles.